The van der Waals surface area contributed by atoms with Gasteiger partial charge in [0.05, 0.1) is 0 Å². The van der Waals surface area contributed by atoms with E-state index in [1.54, 1.807) is 0 Å². The molecule has 0 spiro atoms. The second-order valence-corrected chi connectivity index (χ2v) is 6.61. The van der Waals surface area contributed by atoms with Crippen LogP contribution in [0.15, 0.2) is 0 Å². The quantitative estimate of drug-likeness (QED) is 0.715. The average molecular weight is 211 g/mol. The molecular weight excluding hydrogens is 186 g/mol. The molecule has 1 heterocycles. The van der Waals surface area contributed by atoms with Gasteiger partial charge in [0.1, 0.15) is 5.78 Å². The summed E-state index contributed by atoms with van der Waals surface area (Å²) in [6.45, 7) is 13.9. The Morgan fingerprint density at radius 3 is 2.33 bits per heavy atom. The van der Waals surface area contributed by atoms with Gasteiger partial charge in [0.2, 0.25) is 0 Å². The lowest BCUT2D eigenvalue weighted by atomic mass is 9.89. The normalized spacial score (nSPS) is 21.9. The van der Waals surface area contributed by atoms with Crippen molar-refractivity contribution >= 4 is 5.78 Å². The average Bonchev–Trinajstić information content (AvgIpc) is 2.39. The molecule has 0 N–H and O–H groups in total. The minimum absolute atomic E-state index is 0.171. The van der Waals surface area contributed by atoms with E-state index < -0.39 is 0 Å². The molecule has 0 bridgehead atoms. The van der Waals surface area contributed by atoms with Crippen LogP contribution in [0, 0.1) is 10.8 Å². The summed E-state index contributed by atoms with van der Waals surface area (Å²) in [4.78, 5) is 14.2. The molecule has 15 heavy (non-hydrogen) atoms. The molecule has 0 atom stereocenters. The number of rotatable bonds is 3. The van der Waals surface area contributed by atoms with Gasteiger partial charge in [0, 0.05) is 24.9 Å². The third kappa shape index (κ3) is 3.94. The Bertz CT molecular complexity index is 237. The van der Waals surface area contributed by atoms with Gasteiger partial charge in [-0.25, -0.2) is 0 Å². The van der Waals surface area contributed by atoms with Gasteiger partial charge in [-0.2, -0.15) is 0 Å². The van der Waals surface area contributed by atoms with Gasteiger partial charge in [0.15, 0.2) is 0 Å². The molecule has 0 aromatic carbocycles. The maximum Gasteiger partial charge on any atom is 0.139 e. The van der Waals surface area contributed by atoms with E-state index in [0.29, 0.717) is 17.6 Å². The fourth-order valence-corrected chi connectivity index (χ4v) is 2.05. The first-order valence-corrected chi connectivity index (χ1v) is 5.96. The summed E-state index contributed by atoms with van der Waals surface area (Å²) >= 11 is 0. The second-order valence-electron chi connectivity index (χ2n) is 6.61. The molecule has 2 nitrogen and oxygen atoms in total. The Labute approximate surface area is 94.0 Å². The SMILES string of the molecule is CC1(C)CCN(CCC(=O)C(C)(C)C)C1. The lowest BCUT2D eigenvalue weighted by Crippen LogP contribution is -2.29. The number of hydrogen-bond acceptors (Lipinski definition) is 2. The van der Waals surface area contributed by atoms with E-state index in [1.807, 2.05) is 20.8 Å². The molecule has 1 saturated heterocycles. The summed E-state index contributed by atoms with van der Waals surface area (Å²) in [6.07, 6.45) is 1.97. The van der Waals surface area contributed by atoms with Crippen molar-refractivity contribution in [3.05, 3.63) is 0 Å². The van der Waals surface area contributed by atoms with Gasteiger partial charge in [-0.15, -0.1) is 0 Å². The lowest BCUT2D eigenvalue weighted by Gasteiger charge is -2.21. The predicted molar refractivity (Wildman–Crippen MR) is 63.9 cm³/mol. The smallest absolute Gasteiger partial charge is 0.139 e. The lowest BCUT2D eigenvalue weighted by molar-refractivity contribution is -0.126. The van der Waals surface area contributed by atoms with E-state index in [9.17, 15) is 4.79 Å². The zero-order valence-corrected chi connectivity index (χ0v) is 10.9. The van der Waals surface area contributed by atoms with Crippen LogP contribution in [0.1, 0.15) is 47.5 Å². The highest BCUT2D eigenvalue weighted by Crippen LogP contribution is 2.29. The maximum atomic E-state index is 11.8. The molecule has 88 valence electrons. The van der Waals surface area contributed by atoms with Crippen molar-refractivity contribution in [2.45, 2.75) is 47.5 Å². The fourth-order valence-electron chi connectivity index (χ4n) is 2.05. The Hall–Kier alpha value is -0.370. The number of likely N-dealkylation sites (tertiary alicyclic amines) is 1. The molecule has 0 aromatic rings. The highest BCUT2D eigenvalue weighted by Gasteiger charge is 2.30. The third-order valence-electron chi connectivity index (χ3n) is 3.25. The number of carbonyl (C=O) groups is 1. The summed E-state index contributed by atoms with van der Waals surface area (Å²) in [7, 11) is 0. The molecule has 0 radical (unpaired) electrons. The summed E-state index contributed by atoms with van der Waals surface area (Å²) in [5, 5.41) is 0. The number of Topliss-reactive ketones (excluding diaryl/α,β-unsaturated/α-hetero) is 1. The summed E-state index contributed by atoms with van der Waals surface area (Å²) in [5.41, 5.74) is 0.278. The van der Waals surface area contributed by atoms with Crippen LogP contribution in [0.2, 0.25) is 0 Å². The van der Waals surface area contributed by atoms with Crippen molar-refractivity contribution in [1.82, 2.24) is 4.90 Å². The van der Waals surface area contributed by atoms with Crippen molar-refractivity contribution in [2.24, 2.45) is 10.8 Å². The number of hydrogen-bond donors (Lipinski definition) is 0. The number of nitrogens with zero attached hydrogens (tertiary/aromatic N) is 1. The summed E-state index contributed by atoms with van der Waals surface area (Å²) in [5.74, 6) is 0.382. The van der Waals surface area contributed by atoms with Gasteiger partial charge in [0.25, 0.3) is 0 Å². The van der Waals surface area contributed by atoms with Crippen LogP contribution < -0.4 is 0 Å². The standard InChI is InChI=1S/C13H25NO/c1-12(2,3)11(15)6-8-14-9-7-13(4,5)10-14/h6-10H2,1-5H3. The van der Waals surface area contributed by atoms with Crippen LogP contribution in [0.4, 0.5) is 0 Å². The molecule has 0 saturated carbocycles. The van der Waals surface area contributed by atoms with Gasteiger partial charge < -0.3 is 4.90 Å². The second kappa shape index (κ2) is 4.25. The minimum Gasteiger partial charge on any atom is -0.302 e. The Kier molecular flexibility index (Phi) is 3.59. The van der Waals surface area contributed by atoms with E-state index in [0.717, 1.165) is 19.6 Å². The Balaban J connectivity index is 2.31. The van der Waals surface area contributed by atoms with Crippen molar-refractivity contribution in [1.29, 1.82) is 0 Å². The van der Waals surface area contributed by atoms with Crippen LogP contribution in [0.25, 0.3) is 0 Å². The molecule has 1 aliphatic rings. The molecular formula is C13H25NO. The number of carbonyl (C=O) groups excluding carboxylic acids is 1. The monoisotopic (exact) mass is 211 g/mol. The van der Waals surface area contributed by atoms with Crippen LogP contribution in [0.3, 0.4) is 0 Å². The third-order valence-corrected chi connectivity index (χ3v) is 3.25. The molecule has 0 amide bonds. The molecule has 1 rings (SSSR count). The Morgan fingerprint density at radius 1 is 1.33 bits per heavy atom. The number of ketones is 1. The molecule has 0 aromatic heterocycles. The van der Waals surface area contributed by atoms with Crippen LogP contribution >= 0.6 is 0 Å². The van der Waals surface area contributed by atoms with Gasteiger partial charge in [-0.05, 0) is 18.4 Å². The van der Waals surface area contributed by atoms with Crippen molar-refractivity contribution < 1.29 is 4.79 Å². The van der Waals surface area contributed by atoms with E-state index >= 15 is 0 Å². The molecule has 0 unspecified atom stereocenters. The molecule has 2 heteroatoms. The van der Waals surface area contributed by atoms with Crippen molar-refractivity contribution in [3.63, 3.8) is 0 Å². The van der Waals surface area contributed by atoms with Gasteiger partial charge >= 0.3 is 0 Å². The van der Waals surface area contributed by atoms with Crippen LogP contribution in [0.5, 0.6) is 0 Å². The zero-order chi connectivity index (χ0) is 11.7. The fraction of sp³-hybridized carbons (Fsp3) is 0.923. The molecule has 1 fully saturated rings. The highest BCUT2D eigenvalue weighted by molar-refractivity contribution is 5.83. The van der Waals surface area contributed by atoms with Crippen molar-refractivity contribution in [2.75, 3.05) is 19.6 Å². The van der Waals surface area contributed by atoms with E-state index in [2.05, 4.69) is 18.7 Å². The first kappa shape index (κ1) is 12.7. The van der Waals surface area contributed by atoms with E-state index in [1.165, 1.54) is 6.42 Å². The maximum absolute atomic E-state index is 11.8. The molecule has 0 aliphatic carbocycles. The summed E-state index contributed by atoms with van der Waals surface area (Å²) < 4.78 is 0. The Morgan fingerprint density at radius 2 is 1.93 bits per heavy atom. The zero-order valence-electron chi connectivity index (χ0n) is 10.9. The van der Waals surface area contributed by atoms with Crippen LogP contribution in [-0.4, -0.2) is 30.3 Å². The topological polar surface area (TPSA) is 20.3 Å². The summed E-state index contributed by atoms with van der Waals surface area (Å²) in [6, 6.07) is 0. The van der Waals surface area contributed by atoms with Crippen LogP contribution in [-0.2, 0) is 4.79 Å². The first-order valence-electron chi connectivity index (χ1n) is 5.96. The van der Waals surface area contributed by atoms with Gasteiger partial charge in [-0.3, -0.25) is 4.79 Å². The van der Waals surface area contributed by atoms with E-state index in [4.69, 9.17) is 0 Å². The van der Waals surface area contributed by atoms with Gasteiger partial charge in [-0.1, -0.05) is 34.6 Å². The first-order chi connectivity index (χ1) is 6.71. The largest absolute Gasteiger partial charge is 0.302 e. The molecule has 1 aliphatic heterocycles. The predicted octanol–water partition coefficient (Wildman–Crippen LogP) is 2.72. The minimum atomic E-state index is -0.171. The van der Waals surface area contributed by atoms with Crippen molar-refractivity contribution in [3.8, 4) is 0 Å². The highest BCUT2D eigenvalue weighted by atomic mass is 16.1. The van der Waals surface area contributed by atoms with E-state index in [-0.39, 0.29) is 5.41 Å².